The number of rotatable bonds is 2. The molecule has 0 bridgehead atoms. The van der Waals surface area contributed by atoms with E-state index in [0.29, 0.717) is 0 Å². The van der Waals surface area contributed by atoms with E-state index in [2.05, 4.69) is 4.74 Å². The molecule has 0 heterocycles. The van der Waals surface area contributed by atoms with Crippen LogP contribution in [0.25, 0.3) is 0 Å². The van der Waals surface area contributed by atoms with Crippen molar-refractivity contribution in [3.63, 3.8) is 0 Å². The molecule has 0 rings (SSSR count). The van der Waals surface area contributed by atoms with Crippen molar-refractivity contribution in [2.75, 3.05) is 7.11 Å². The van der Waals surface area contributed by atoms with E-state index < -0.39 is 11.8 Å². The molecule has 0 aromatic heterocycles. The van der Waals surface area contributed by atoms with Crippen molar-refractivity contribution in [2.45, 2.75) is 13.8 Å². The van der Waals surface area contributed by atoms with Crippen LogP contribution in [0, 0.1) is 5.92 Å². The third-order valence-corrected chi connectivity index (χ3v) is 0.911. The fourth-order valence-corrected chi connectivity index (χ4v) is 0.336. The van der Waals surface area contributed by atoms with E-state index in [9.17, 15) is 9.59 Å². The van der Waals surface area contributed by atoms with Gasteiger partial charge in [0.2, 0.25) is 5.78 Å². The summed E-state index contributed by atoms with van der Waals surface area (Å²) in [6, 6.07) is 0. The van der Waals surface area contributed by atoms with Gasteiger partial charge < -0.3 is 7.59 Å². The van der Waals surface area contributed by atoms with E-state index in [1.807, 2.05) is 0 Å². The van der Waals surface area contributed by atoms with Gasteiger partial charge in [-0.2, -0.15) is 0 Å². The molecule has 0 aliphatic rings. The van der Waals surface area contributed by atoms with Crippen LogP contribution in [0.1, 0.15) is 16.7 Å². The van der Waals surface area contributed by atoms with Crippen LogP contribution < -0.4 is 0 Å². The number of hydrogen-bond acceptors (Lipinski definition) is 3. The Bertz CT molecular complexity index is 139. The molecule has 3 nitrogen and oxygen atoms in total. The van der Waals surface area contributed by atoms with Gasteiger partial charge >= 0.3 is 29.0 Å². The van der Waals surface area contributed by atoms with Crippen LogP contribution in [0.3, 0.4) is 0 Å². The molecule has 0 aliphatic heterocycles. The molecule has 0 saturated carbocycles. The molecule has 56 valence electrons. The first kappa shape index (κ1) is 12.6. The number of carbonyl (C=O) groups excluding carboxylic acids is 2. The second-order valence-electron chi connectivity index (χ2n) is 2.01. The zero-order chi connectivity index (χ0) is 7.44. The van der Waals surface area contributed by atoms with Crippen LogP contribution in [0.5, 0.6) is 0 Å². The quantitative estimate of drug-likeness (QED) is 0.327. The Balaban J connectivity index is -0.000000107. The van der Waals surface area contributed by atoms with Gasteiger partial charge in [0, 0.05) is 5.92 Å². The molecular formula is C6H12MgO3. The maximum absolute atomic E-state index is 10.6. The summed E-state index contributed by atoms with van der Waals surface area (Å²) in [5, 5.41) is 0. The van der Waals surface area contributed by atoms with Crippen LogP contribution in [0.15, 0.2) is 0 Å². The van der Waals surface area contributed by atoms with Crippen molar-refractivity contribution in [2.24, 2.45) is 5.92 Å². The maximum Gasteiger partial charge on any atom is 2.00 e. The molecule has 0 aliphatic carbocycles. The Morgan fingerprint density at radius 3 is 1.90 bits per heavy atom. The third-order valence-electron chi connectivity index (χ3n) is 0.911. The Morgan fingerprint density at radius 2 is 1.80 bits per heavy atom. The van der Waals surface area contributed by atoms with E-state index in [1.54, 1.807) is 13.8 Å². The van der Waals surface area contributed by atoms with Crippen molar-refractivity contribution >= 4 is 34.8 Å². The van der Waals surface area contributed by atoms with Gasteiger partial charge in [-0.15, -0.1) is 0 Å². The molecule has 0 radical (unpaired) electrons. The fraction of sp³-hybridized carbons (Fsp3) is 0.667. The first-order chi connectivity index (χ1) is 4.09. The average Bonchev–Trinajstić information content (AvgIpc) is 1.84. The summed E-state index contributed by atoms with van der Waals surface area (Å²) in [7, 11) is 1.20. The van der Waals surface area contributed by atoms with Gasteiger partial charge in [0.15, 0.2) is 0 Å². The normalized spacial score (nSPS) is 8.40. The molecule has 0 aromatic rings. The van der Waals surface area contributed by atoms with E-state index in [1.165, 1.54) is 7.11 Å². The van der Waals surface area contributed by atoms with Crippen molar-refractivity contribution < 1.29 is 17.2 Å². The number of methoxy groups -OCH3 is 1. The van der Waals surface area contributed by atoms with Gasteiger partial charge in [-0.25, -0.2) is 4.79 Å². The second-order valence-corrected chi connectivity index (χ2v) is 2.01. The van der Waals surface area contributed by atoms with E-state index in [-0.39, 0.29) is 31.8 Å². The van der Waals surface area contributed by atoms with Crippen molar-refractivity contribution in [3.8, 4) is 0 Å². The van der Waals surface area contributed by atoms with Crippen LogP contribution in [0.2, 0.25) is 0 Å². The SMILES string of the molecule is COC(=O)C(=O)C(C)C.[H-].[H-].[Mg+2]. The molecule has 0 aromatic carbocycles. The summed E-state index contributed by atoms with van der Waals surface area (Å²) >= 11 is 0. The Labute approximate surface area is 79.2 Å². The second kappa shape index (κ2) is 5.67. The number of hydrogen-bond donors (Lipinski definition) is 0. The third kappa shape index (κ3) is 3.84. The number of esters is 1. The minimum Gasteiger partial charge on any atom is -1.00 e. The molecule has 0 amide bonds. The van der Waals surface area contributed by atoms with Crippen molar-refractivity contribution in [3.05, 3.63) is 0 Å². The van der Waals surface area contributed by atoms with Crippen LogP contribution >= 0.6 is 0 Å². The van der Waals surface area contributed by atoms with E-state index in [4.69, 9.17) is 0 Å². The van der Waals surface area contributed by atoms with Gasteiger partial charge in [-0.3, -0.25) is 4.79 Å². The predicted molar refractivity (Wildman–Crippen MR) is 39.8 cm³/mol. The number of ether oxygens (including phenoxy) is 1. The summed E-state index contributed by atoms with van der Waals surface area (Å²) in [5.74, 6) is -1.50. The molecule has 0 saturated heterocycles. The van der Waals surface area contributed by atoms with Gasteiger partial charge in [-0.05, 0) is 0 Å². The minimum atomic E-state index is -0.759. The zero-order valence-electron chi connectivity index (χ0n) is 8.51. The first-order valence-corrected chi connectivity index (χ1v) is 2.71. The predicted octanol–water partition coefficient (Wildman–Crippen LogP) is 0.229. The van der Waals surface area contributed by atoms with Gasteiger partial charge in [0.1, 0.15) is 0 Å². The van der Waals surface area contributed by atoms with Crippen LogP contribution in [-0.2, 0) is 14.3 Å². The number of ketones is 1. The monoisotopic (exact) mass is 156 g/mol. The number of carbonyl (C=O) groups is 2. The summed E-state index contributed by atoms with van der Waals surface area (Å²) in [6.07, 6.45) is 0. The van der Waals surface area contributed by atoms with Crippen molar-refractivity contribution in [1.82, 2.24) is 0 Å². The molecule has 0 atom stereocenters. The summed E-state index contributed by atoms with van der Waals surface area (Å²) in [5.41, 5.74) is 0. The topological polar surface area (TPSA) is 43.4 Å². The van der Waals surface area contributed by atoms with Crippen LogP contribution in [0.4, 0.5) is 0 Å². The standard InChI is InChI=1S/C6H10O3.Mg.2H/c1-4(2)5(7)6(8)9-3;;;/h4H,1-3H3;;;/q;+2;2*-1. The van der Waals surface area contributed by atoms with Gasteiger partial charge in [0.25, 0.3) is 0 Å². The molecule has 0 N–H and O–H groups in total. The Morgan fingerprint density at radius 1 is 1.40 bits per heavy atom. The Kier molecular flexibility index (Phi) is 7.13. The average molecular weight is 156 g/mol. The molecule has 0 fully saturated rings. The Hall–Kier alpha value is -0.0938. The summed E-state index contributed by atoms with van der Waals surface area (Å²) in [6.45, 7) is 3.30. The molecule has 0 unspecified atom stereocenters. The number of Topliss-reactive ketones (excluding diaryl/α,β-unsaturated/α-hetero) is 1. The molecule has 4 heteroatoms. The fourth-order valence-electron chi connectivity index (χ4n) is 0.336. The van der Waals surface area contributed by atoms with Crippen molar-refractivity contribution in [1.29, 1.82) is 0 Å². The molecule has 0 spiro atoms. The maximum atomic E-state index is 10.6. The zero-order valence-corrected chi connectivity index (χ0v) is 7.92. The first-order valence-electron chi connectivity index (χ1n) is 2.71. The molecular weight excluding hydrogens is 144 g/mol. The largest absolute Gasteiger partial charge is 2.00 e. The van der Waals surface area contributed by atoms with E-state index in [0.717, 1.165) is 0 Å². The minimum absolute atomic E-state index is 0. The van der Waals surface area contributed by atoms with Gasteiger partial charge in [0.05, 0.1) is 7.11 Å². The smallest absolute Gasteiger partial charge is 1.00 e. The van der Waals surface area contributed by atoms with E-state index >= 15 is 0 Å². The molecule has 10 heavy (non-hydrogen) atoms. The summed E-state index contributed by atoms with van der Waals surface area (Å²) in [4.78, 5) is 21.0. The van der Waals surface area contributed by atoms with Gasteiger partial charge in [-0.1, -0.05) is 13.8 Å². The van der Waals surface area contributed by atoms with Crippen LogP contribution in [-0.4, -0.2) is 41.9 Å². The summed E-state index contributed by atoms with van der Waals surface area (Å²) < 4.78 is 4.18.